The molecule has 2 unspecified atom stereocenters. The summed E-state index contributed by atoms with van der Waals surface area (Å²) in [7, 11) is 1.62. The minimum atomic E-state index is 0.501. The van der Waals surface area contributed by atoms with Gasteiger partial charge in [0.05, 0.1) is 12.6 Å². The molecular formula is C11H13N3OS. The standard InChI is InChI=1S/C11H13N3OS/c1-6-5-8(6)14-10-7(12-11(14)16)3-4-9(13-10)15-2/h3-4,6,8H,5H2,1-2H3,(H,12,16). The molecule has 2 aromatic heterocycles. The number of fused-ring (bicyclic) bond motifs is 1. The molecule has 2 atom stereocenters. The monoisotopic (exact) mass is 235 g/mol. The van der Waals surface area contributed by atoms with Gasteiger partial charge in [-0.1, -0.05) is 6.92 Å². The maximum atomic E-state index is 5.33. The van der Waals surface area contributed by atoms with Crippen LogP contribution in [0.3, 0.4) is 0 Å². The van der Waals surface area contributed by atoms with Crippen LogP contribution >= 0.6 is 12.2 Å². The molecule has 0 spiro atoms. The van der Waals surface area contributed by atoms with Crippen molar-refractivity contribution in [3.8, 4) is 5.88 Å². The Morgan fingerprint density at radius 3 is 2.94 bits per heavy atom. The zero-order chi connectivity index (χ0) is 11.3. The van der Waals surface area contributed by atoms with Crippen molar-refractivity contribution in [2.45, 2.75) is 19.4 Å². The van der Waals surface area contributed by atoms with Crippen LogP contribution in [0.25, 0.3) is 11.2 Å². The van der Waals surface area contributed by atoms with E-state index >= 15 is 0 Å². The number of rotatable bonds is 2. The molecule has 1 N–H and O–H groups in total. The van der Waals surface area contributed by atoms with Crippen LogP contribution in [0.4, 0.5) is 0 Å². The van der Waals surface area contributed by atoms with Crippen LogP contribution in [0.2, 0.25) is 0 Å². The van der Waals surface area contributed by atoms with E-state index in [1.807, 2.05) is 12.1 Å². The molecule has 4 nitrogen and oxygen atoms in total. The Hall–Kier alpha value is -1.36. The first-order valence-electron chi connectivity index (χ1n) is 5.36. The van der Waals surface area contributed by atoms with Crippen LogP contribution in [0.5, 0.6) is 5.88 Å². The number of aromatic amines is 1. The molecule has 1 saturated carbocycles. The minimum absolute atomic E-state index is 0.501. The third-order valence-electron chi connectivity index (χ3n) is 3.15. The highest BCUT2D eigenvalue weighted by molar-refractivity contribution is 7.71. The van der Waals surface area contributed by atoms with Crippen molar-refractivity contribution in [3.63, 3.8) is 0 Å². The lowest BCUT2D eigenvalue weighted by molar-refractivity contribution is 0.399. The van der Waals surface area contributed by atoms with Gasteiger partial charge < -0.3 is 9.72 Å². The van der Waals surface area contributed by atoms with Crippen molar-refractivity contribution >= 4 is 23.4 Å². The third kappa shape index (κ3) is 1.35. The van der Waals surface area contributed by atoms with E-state index in [1.165, 1.54) is 6.42 Å². The highest BCUT2D eigenvalue weighted by Crippen LogP contribution is 2.44. The predicted octanol–water partition coefficient (Wildman–Crippen LogP) is 2.68. The van der Waals surface area contributed by atoms with Gasteiger partial charge in [-0.25, -0.2) is 0 Å². The van der Waals surface area contributed by atoms with Gasteiger partial charge in [-0.05, 0) is 30.6 Å². The van der Waals surface area contributed by atoms with E-state index in [2.05, 4.69) is 21.5 Å². The summed E-state index contributed by atoms with van der Waals surface area (Å²) in [5, 5.41) is 0. The lowest BCUT2D eigenvalue weighted by Gasteiger charge is -2.02. The average Bonchev–Trinajstić information content (AvgIpc) is 2.89. The average molecular weight is 235 g/mol. The third-order valence-corrected chi connectivity index (χ3v) is 3.44. The van der Waals surface area contributed by atoms with Crippen molar-refractivity contribution in [1.82, 2.24) is 14.5 Å². The van der Waals surface area contributed by atoms with Gasteiger partial charge in [-0.15, -0.1) is 0 Å². The summed E-state index contributed by atoms with van der Waals surface area (Å²) in [4.78, 5) is 7.63. The molecule has 0 amide bonds. The summed E-state index contributed by atoms with van der Waals surface area (Å²) in [5.41, 5.74) is 1.88. The number of ether oxygens (including phenoxy) is 1. The van der Waals surface area contributed by atoms with Gasteiger partial charge in [0.1, 0.15) is 0 Å². The van der Waals surface area contributed by atoms with Gasteiger partial charge in [0, 0.05) is 12.1 Å². The molecule has 84 valence electrons. The predicted molar refractivity (Wildman–Crippen MR) is 64.3 cm³/mol. The molecule has 2 heterocycles. The second-order valence-electron chi connectivity index (χ2n) is 4.31. The zero-order valence-electron chi connectivity index (χ0n) is 9.23. The number of hydrogen-bond donors (Lipinski definition) is 1. The first-order chi connectivity index (χ1) is 7.70. The molecule has 3 rings (SSSR count). The molecule has 1 aliphatic carbocycles. The second-order valence-corrected chi connectivity index (χ2v) is 4.69. The molecule has 16 heavy (non-hydrogen) atoms. The largest absolute Gasteiger partial charge is 0.481 e. The van der Waals surface area contributed by atoms with Crippen LogP contribution < -0.4 is 4.74 Å². The van der Waals surface area contributed by atoms with Crippen molar-refractivity contribution in [2.24, 2.45) is 5.92 Å². The van der Waals surface area contributed by atoms with E-state index in [0.29, 0.717) is 17.8 Å². The highest BCUT2D eigenvalue weighted by Gasteiger charge is 2.36. The van der Waals surface area contributed by atoms with E-state index in [9.17, 15) is 0 Å². The lowest BCUT2D eigenvalue weighted by atomic mass is 10.4. The molecule has 0 aromatic carbocycles. The van der Waals surface area contributed by atoms with Gasteiger partial charge in [0.2, 0.25) is 5.88 Å². The maximum Gasteiger partial charge on any atom is 0.215 e. The maximum absolute atomic E-state index is 5.33. The molecule has 0 radical (unpaired) electrons. The minimum Gasteiger partial charge on any atom is -0.481 e. The van der Waals surface area contributed by atoms with E-state index in [4.69, 9.17) is 17.0 Å². The summed E-state index contributed by atoms with van der Waals surface area (Å²) >= 11 is 5.33. The van der Waals surface area contributed by atoms with E-state index < -0.39 is 0 Å². The summed E-state index contributed by atoms with van der Waals surface area (Å²) in [6, 6.07) is 4.30. The van der Waals surface area contributed by atoms with Crippen molar-refractivity contribution < 1.29 is 4.74 Å². The van der Waals surface area contributed by atoms with Gasteiger partial charge in [0.25, 0.3) is 0 Å². The Balaban J connectivity index is 2.25. The molecular weight excluding hydrogens is 222 g/mol. The highest BCUT2D eigenvalue weighted by atomic mass is 32.1. The van der Waals surface area contributed by atoms with Gasteiger partial charge in [-0.2, -0.15) is 4.98 Å². The first kappa shape index (κ1) is 9.84. The fraction of sp³-hybridized carbons (Fsp3) is 0.455. The quantitative estimate of drug-likeness (QED) is 0.814. The topological polar surface area (TPSA) is 42.8 Å². The Bertz CT molecular complexity index is 601. The van der Waals surface area contributed by atoms with Crippen LogP contribution in [0.1, 0.15) is 19.4 Å². The number of nitrogens with zero attached hydrogens (tertiary/aromatic N) is 2. The summed E-state index contributed by atoms with van der Waals surface area (Å²) < 4.78 is 8.00. The lowest BCUT2D eigenvalue weighted by Crippen LogP contribution is -1.97. The summed E-state index contributed by atoms with van der Waals surface area (Å²) in [5.74, 6) is 1.32. The Morgan fingerprint density at radius 1 is 1.56 bits per heavy atom. The number of pyridine rings is 1. The number of aromatic nitrogens is 3. The number of hydrogen-bond acceptors (Lipinski definition) is 3. The van der Waals surface area contributed by atoms with Crippen LogP contribution in [0.15, 0.2) is 12.1 Å². The molecule has 0 aliphatic heterocycles. The first-order valence-corrected chi connectivity index (χ1v) is 5.77. The number of nitrogens with one attached hydrogen (secondary N) is 1. The molecule has 0 bridgehead atoms. The SMILES string of the molecule is COc1ccc2[nH]c(=S)n(C3CC3C)c2n1. The Labute approximate surface area is 98.3 Å². The van der Waals surface area contributed by atoms with Crippen LogP contribution in [-0.2, 0) is 0 Å². The fourth-order valence-corrected chi connectivity index (χ4v) is 2.40. The number of methoxy groups -OCH3 is 1. The molecule has 0 saturated heterocycles. The number of imidazole rings is 1. The summed E-state index contributed by atoms with van der Waals surface area (Å²) in [6.45, 7) is 2.23. The zero-order valence-corrected chi connectivity index (χ0v) is 10.0. The van der Waals surface area contributed by atoms with E-state index in [-0.39, 0.29) is 0 Å². The van der Waals surface area contributed by atoms with Crippen molar-refractivity contribution in [2.75, 3.05) is 7.11 Å². The molecule has 1 aliphatic rings. The second kappa shape index (κ2) is 3.31. The van der Waals surface area contributed by atoms with E-state index in [1.54, 1.807) is 7.11 Å². The Morgan fingerprint density at radius 2 is 2.31 bits per heavy atom. The Kier molecular flexibility index (Phi) is 2.04. The number of H-pyrrole nitrogens is 1. The normalized spacial score (nSPS) is 23.6. The van der Waals surface area contributed by atoms with Gasteiger partial charge in [-0.3, -0.25) is 4.57 Å². The van der Waals surface area contributed by atoms with Crippen molar-refractivity contribution in [3.05, 3.63) is 16.9 Å². The van der Waals surface area contributed by atoms with E-state index in [0.717, 1.165) is 15.9 Å². The summed E-state index contributed by atoms with van der Waals surface area (Å²) in [6.07, 6.45) is 1.18. The van der Waals surface area contributed by atoms with Crippen LogP contribution in [0, 0.1) is 10.7 Å². The van der Waals surface area contributed by atoms with Gasteiger partial charge in [0.15, 0.2) is 10.4 Å². The van der Waals surface area contributed by atoms with Crippen LogP contribution in [-0.4, -0.2) is 21.6 Å². The molecule has 2 aromatic rings. The smallest absolute Gasteiger partial charge is 0.215 e. The van der Waals surface area contributed by atoms with Gasteiger partial charge >= 0.3 is 0 Å². The molecule has 5 heteroatoms. The molecule has 1 fully saturated rings. The fourth-order valence-electron chi connectivity index (χ4n) is 2.07. The van der Waals surface area contributed by atoms with Crippen molar-refractivity contribution in [1.29, 1.82) is 0 Å².